The van der Waals surface area contributed by atoms with Crippen LogP contribution >= 0.6 is 15.6 Å². The Morgan fingerprint density at radius 1 is 1.00 bits per heavy atom. The number of aliphatic hydroxyl groups is 6. The highest BCUT2D eigenvalue weighted by molar-refractivity contribution is 7.61. The van der Waals surface area contributed by atoms with Crippen LogP contribution < -0.4 is 11.4 Å². The lowest BCUT2D eigenvalue weighted by Gasteiger charge is -2.39. The number of nitrogen functional groups attached to an aromatic ring is 1. The Labute approximate surface area is 207 Å². The van der Waals surface area contributed by atoms with Gasteiger partial charge in [-0.1, -0.05) is 0 Å². The number of hydrogen-bond acceptors (Lipinski definition) is 16. The zero-order chi connectivity index (χ0) is 27.9. The molecule has 11 atom stereocenters. The van der Waals surface area contributed by atoms with Gasteiger partial charge in [0.1, 0.15) is 48.5 Å². The SMILES string of the molecule is Cc1cn([C@@H]2O[C@H](COP(=O)(O)OP(=O)(O)O[C@H]3O[C@H](CO)[C@@H](O)[C@H](O)[C@H]3O)[C@@H](O)[C@H]2O)c(=O)nc1N. The van der Waals surface area contributed by atoms with Crippen molar-refractivity contribution < 1.29 is 72.4 Å². The Bertz CT molecular complexity index is 1120. The second-order valence-electron chi connectivity index (χ2n) is 8.16. The van der Waals surface area contributed by atoms with Crippen LogP contribution in [-0.4, -0.2) is 112 Å². The van der Waals surface area contributed by atoms with Crippen molar-refractivity contribution in [2.24, 2.45) is 0 Å². The first kappa shape index (κ1) is 30.2. The Morgan fingerprint density at radius 3 is 2.24 bits per heavy atom. The monoisotopic (exact) mass is 579 g/mol. The van der Waals surface area contributed by atoms with Gasteiger partial charge < -0.3 is 55.6 Å². The zero-order valence-corrected chi connectivity index (χ0v) is 20.7. The Hall–Kier alpha value is -1.38. The average Bonchev–Trinajstić information content (AvgIpc) is 3.08. The van der Waals surface area contributed by atoms with Crippen LogP contribution in [0.4, 0.5) is 5.82 Å². The van der Waals surface area contributed by atoms with Gasteiger partial charge in [0.25, 0.3) is 0 Å². The third kappa shape index (κ3) is 6.80. The molecule has 2 aliphatic rings. The van der Waals surface area contributed by atoms with Crippen molar-refractivity contribution in [1.29, 1.82) is 0 Å². The number of phosphoric ester groups is 2. The van der Waals surface area contributed by atoms with Gasteiger partial charge in [-0.2, -0.15) is 9.29 Å². The van der Waals surface area contributed by atoms with Crippen LogP contribution in [0.1, 0.15) is 11.8 Å². The highest BCUT2D eigenvalue weighted by Gasteiger charge is 2.49. The Balaban J connectivity index is 1.62. The van der Waals surface area contributed by atoms with Crippen molar-refractivity contribution in [2.75, 3.05) is 18.9 Å². The largest absolute Gasteiger partial charge is 0.483 e. The predicted molar refractivity (Wildman–Crippen MR) is 115 cm³/mol. The summed E-state index contributed by atoms with van der Waals surface area (Å²) in [6, 6.07) is 0. The average molecular weight is 579 g/mol. The summed E-state index contributed by atoms with van der Waals surface area (Å²) in [5.41, 5.74) is 4.95. The zero-order valence-electron chi connectivity index (χ0n) is 18.9. The molecule has 2 saturated heterocycles. The van der Waals surface area contributed by atoms with E-state index in [4.69, 9.17) is 20.3 Å². The van der Waals surface area contributed by atoms with E-state index in [2.05, 4.69) is 18.3 Å². The minimum atomic E-state index is -5.58. The summed E-state index contributed by atoms with van der Waals surface area (Å²) in [4.78, 5) is 35.3. The van der Waals surface area contributed by atoms with Gasteiger partial charge in [0.05, 0.1) is 13.2 Å². The lowest BCUT2D eigenvalue weighted by molar-refractivity contribution is -0.280. The molecule has 19 nitrogen and oxygen atoms in total. The molecule has 0 bridgehead atoms. The van der Waals surface area contributed by atoms with Crippen LogP contribution in [0.5, 0.6) is 0 Å². The molecule has 0 amide bonds. The standard InChI is InChI=1S/C16H27N3O16P2/c1-5-2-19(16(26)18-13(5)17)14-11(24)9(22)7(32-14)4-31-36(27,28)35-37(29,30)34-15-12(25)10(23)8(21)6(3-20)33-15/h2,6-12,14-15,20-25H,3-4H2,1H3,(H,27,28)(H,29,30)(H2,17,18,26)/t6-,7-,8-,9-,10+,11-,12-,14-,15-/m1/s1. The van der Waals surface area contributed by atoms with Gasteiger partial charge in [-0.15, -0.1) is 0 Å². The van der Waals surface area contributed by atoms with Crippen molar-refractivity contribution in [1.82, 2.24) is 9.55 Å². The molecule has 3 rings (SSSR count). The highest BCUT2D eigenvalue weighted by atomic mass is 31.3. The van der Waals surface area contributed by atoms with E-state index in [1.165, 1.54) is 13.1 Å². The van der Waals surface area contributed by atoms with Crippen LogP contribution in [0.25, 0.3) is 0 Å². The van der Waals surface area contributed by atoms with E-state index in [0.29, 0.717) is 5.56 Å². The number of rotatable bonds is 9. The first-order valence-electron chi connectivity index (χ1n) is 10.4. The molecule has 212 valence electrons. The summed E-state index contributed by atoms with van der Waals surface area (Å²) in [6.07, 6.45) is -15.0. The second-order valence-corrected chi connectivity index (χ2v) is 11.2. The highest BCUT2D eigenvalue weighted by Crippen LogP contribution is 2.61. The fourth-order valence-corrected chi connectivity index (χ4v) is 5.64. The molecule has 37 heavy (non-hydrogen) atoms. The maximum atomic E-state index is 12.2. The van der Waals surface area contributed by atoms with Crippen molar-refractivity contribution >= 4 is 21.5 Å². The van der Waals surface area contributed by atoms with Crippen LogP contribution in [0.2, 0.25) is 0 Å². The van der Waals surface area contributed by atoms with E-state index in [1.54, 1.807) is 0 Å². The maximum absolute atomic E-state index is 12.2. The first-order valence-corrected chi connectivity index (χ1v) is 13.4. The normalized spacial score (nSPS) is 37.7. The molecule has 2 aliphatic heterocycles. The topological polar surface area (TPSA) is 303 Å². The van der Waals surface area contributed by atoms with Crippen molar-refractivity contribution in [3.63, 3.8) is 0 Å². The number of nitrogens with two attached hydrogens (primary N) is 1. The lowest BCUT2D eigenvalue weighted by atomic mass is 10.00. The summed E-state index contributed by atoms with van der Waals surface area (Å²) in [7, 11) is -11.1. The molecule has 1 aromatic rings. The van der Waals surface area contributed by atoms with E-state index in [1.807, 2.05) is 0 Å². The fourth-order valence-electron chi connectivity index (χ4n) is 3.48. The molecule has 1 aromatic heterocycles. The van der Waals surface area contributed by atoms with Gasteiger partial charge in [-0.3, -0.25) is 13.6 Å². The third-order valence-electron chi connectivity index (χ3n) is 5.48. The van der Waals surface area contributed by atoms with Gasteiger partial charge in [0.2, 0.25) is 0 Å². The number of aromatic nitrogens is 2. The molecule has 0 aromatic carbocycles. The molecule has 10 N–H and O–H groups in total. The molecule has 3 heterocycles. The third-order valence-corrected chi connectivity index (χ3v) is 8.08. The second kappa shape index (κ2) is 11.4. The number of aryl methyl sites for hydroxylation is 1. The van der Waals surface area contributed by atoms with E-state index in [9.17, 15) is 49.2 Å². The van der Waals surface area contributed by atoms with E-state index in [0.717, 1.165) is 4.57 Å². The predicted octanol–water partition coefficient (Wildman–Crippen LogP) is -4.20. The molecule has 0 spiro atoms. The van der Waals surface area contributed by atoms with Crippen molar-refractivity contribution in [3.05, 3.63) is 22.2 Å². The Kier molecular flexibility index (Phi) is 9.28. The summed E-state index contributed by atoms with van der Waals surface area (Å²) in [5, 5.41) is 58.9. The number of phosphoric acid groups is 2. The number of hydrogen-bond donors (Lipinski definition) is 9. The molecule has 0 saturated carbocycles. The fraction of sp³-hybridized carbons (Fsp3) is 0.750. The van der Waals surface area contributed by atoms with E-state index < -0.39 is 89.8 Å². The summed E-state index contributed by atoms with van der Waals surface area (Å²) in [6.45, 7) is -0.383. The van der Waals surface area contributed by atoms with E-state index >= 15 is 0 Å². The van der Waals surface area contributed by atoms with Crippen LogP contribution in [0.15, 0.2) is 11.0 Å². The number of ether oxygens (including phenoxy) is 2. The number of anilines is 1. The summed E-state index contributed by atoms with van der Waals surface area (Å²) >= 11 is 0. The van der Waals surface area contributed by atoms with Gasteiger partial charge >= 0.3 is 21.3 Å². The minimum absolute atomic E-state index is 0.0769. The molecular weight excluding hydrogens is 552 g/mol. The van der Waals surface area contributed by atoms with Crippen LogP contribution in [0, 0.1) is 6.92 Å². The van der Waals surface area contributed by atoms with Crippen LogP contribution in [0.3, 0.4) is 0 Å². The smallest absolute Gasteiger partial charge is 0.394 e. The molecular formula is C16H27N3O16P2. The van der Waals surface area contributed by atoms with Crippen molar-refractivity contribution in [3.8, 4) is 0 Å². The van der Waals surface area contributed by atoms with Crippen LogP contribution in [-0.2, 0) is 32.0 Å². The summed E-state index contributed by atoms with van der Waals surface area (Å²) < 4.78 is 48.5. The maximum Gasteiger partial charge on any atom is 0.483 e. The van der Waals surface area contributed by atoms with Gasteiger partial charge in [0, 0.05) is 11.8 Å². The number of aliphatic hydroxyl groups excluding tert-OH is 6. The van der Waals surface area contributed by atoms with Crippen molar-refractivity contribution in [2.45, 2.75) is 62.2 Å². The summed E-state index contributed by atoms with van der Waals surface area (Å²) in [5.74, 6) is -0.0769. The molecule has 2 fully saturated rings. The van der Waals surface area contributed by atoms with Gasteiger partial charge in [-0.25, -0.2) is 13.9 Å². The molecule has 0 aliphatic carbocycles. The van der Waals surface area contributed by atoms with Gasteiger partial charge in [-0.05, 0) is 6.92 Å². The van der Waals surface area contributed by atoms with Gasteiger partial charge in [0.15, 0.2) is 12.5 Å². The van der Waals surface area contributed by atoms with E-state index in [-0.39, 0.29) is 5.82 Å². The number of nitrogens with zero attached hydrogens (tertiary/aromatic N) is 2. The Morgan fingerprint density at radius 2 is 1.62 bits per heavy atom. The molecule has 21 heteroatoms. The lowest BCUT2D eigenvalue weighted by Crippen LogP contribution is -2.58. The first-order chi connectivity index (χ1) is 17.1. The molecule has 0 radical (unpaired) electrons. The molecule has 2 unspecified atom stereocenters. The quantitative estimate of drug-likeness (QED) is 0.125. The minimum Gasteiger partial charge on any atom is -0.394 e.